The van der Waals surface area contributed by atoms with Gasteiger partial charge in [-0.15, -0.1) is 0 Å². The van der Waals surface area contributed by atoms with Crippen LogP contribution in [-0.2, 0) is 4.74 Å². The number of nitrogens with one attached hydrogen (secondary N) is 1. The van der Waals surface area contributed by atoms with Gasteiger partial charge in [-0.1, -0.05) is 0 Å². The van der Waals surface area contributed by atoms with Gasteiger partial charge in [0.05, 0.1) is 25.4 Å². The first kappa shape index (κ1) is 15.6. The predicted octanol–water partition coefficient (Wildman–Crippen LogP) is 0.472. The number of ether oxygens (including phenoxy) is 1. The van der Waals surface area contributed by atoms with Crippen LogP contribution < -0.4 is 11.3 Å². The molecule has 21 heavy (non-hydrogen) atoms. The molecule has 1 saturated heterocycles. The number of amides is 1. The second-order valence-electron chi connectivity index (χ2n) is 4.90. The summed E-state index contributed by atoms with van der Waals surface area (Å²) in [6.45, 7) is 1.95. The summed E-state index contributed by atoms with van der Waals surface area (Å²) in [4.78, 5) is 13.8. The number of nitrogens with zero attached hydrogens (tertiary/aromatic N) is 1. The molecule has 1 aromatic rings. The second-order valence-corrected chi connectivity index (χ2v) is 4.90. The zero-order chi connectivity index (χ0) is 15.6. The molecule has 0 bridgehead atoms. The normalized spacial score (nSPS) is 22.2. The minimum absolute atomic E-state index is 0.116. The van der Waals surface area contributed by atoms with E-state index in [-0.39, 0.29) is 31.4 Å². The van der Waals surface area contributed by atoms with Gasteiger partial charge in [-0.25, -0.2) is 8.78 Å². The van der Waals surface area contributed by atoms with E-state index in [1.165, 1.54) is 4.90 Å². The molecule has 1 aliphatic heterocycles. The summed E-state index contributed by atoms with van der Waals surface area (Å²) >= 11 is 0. The Kier molecular flexibility index (Phi) is 4.71. The van der Waals surface area contributed by atoms with Gasteiger partial charge in [0.1, 0.15) is 5.69 Å². The van der Waals surface area contributed by atoms with Crippen LogP contribution in [0, 0.1) is 11.6 Å². The van der Waals surface area contributed by atoms with Crippen LogP contribution in [0.3, 0.4) is 0 Å². The number of hydrazine groups is 1. The van der Waals surface area contributed by atoms with E-state index in [9.17, 15) is 13.6 Å². The SMILES string of the molecule is CC1COC(CO)CN1C(=O)c1cc(F)c(NN)c(F)c1. The van der Waals surface area contributed by atoms with Crippen molar-refractivity contribution in [3.63, 3.8) is 0 Å². The van der Waals surface area contributed by atoms with Crippen LogP contribution in [0.25, 0.3) is 0 Å². The molecule has 2 unspecified atom stereocenters. The Morgan fingerprint density at radius 3 is 2.67 bits per heavy atom. The van der Waals surface area contributed by atoms with Gasteiger partial charge >= 0.3 is 0 Å². The van der Waals surface area contributed by atoms with Crippen LogP contribution in [-0.4, -0.2) is 47.8 Å². The predicted molar refractivity (Wildman–Crippen MR) is 71.5 cm³/mol. The molecule has 1 aliphatic rings. The molecular weight excluding hydrogens is 284 g/mol. The van der Waals surface area contributed by atoms with E-state index in [4.69, 9.17) is 15.7 Å². The maximum Gasteiger partial charge on any atom is 0.254 e. The average molecular weight is 301 g/mol. The van der Waals surface area contributed by atoms with E-state index in [0.29, 0.717) is 0 Å². The quantitative estimate of drug-likeness (QED) is 0.558. The first-order chi connectivity index (χ1) is 9.97. The fourth-order valence-corrected chi connectivity index (χ4v) is 2.21. The average Bonchev–Trinajstić information content (AvgIpc) is 2.46. The highest BCUT2D eigenvalue weighted by Crippen LogP contribution is 2.22. The van der Waals surface area contributed by atoms with E-state index in [2.05, 4.69) is 0 Å². The van der Waals surface area contributed by atoms with Crippen LogP contribution in [0.1, 0.15) is 17.3 Å². The topological polar surface area (TPSA) is 87.8 Å². The summed E-state index contributed by atoms with van der Waals surface area (Å²) in [7, 11) is 0. The van der Waals surface area contributed by atoms with Crippen molar-refractivity contribution in [1.82, 2.24) is 4.90 Å². The number of aliphatic hydroxyl groups is 1. The Morgan fingerprint density at radius 1 is 1.52 bits per heavy atom. The summed E-state index contributed by atoms with van der Waals surface area (Å²) < 4.78 is 32.6. The minimum atomic E-state index is -0.944. The number of nitrogens with two attached hydrogens (primary N) is 1. The van der Waals surface area contributed by atoms with Crippen LogP contribution in [0.15, 0.2) is 12.1 Å². The lowest BCUT2D eigenvalue weighted by Gasteiger charge is -2.37. The van der Waals surface area contributed by atoms with Crippen LogP contribution in [0.4, 0.5) is 14.5 Å². The van der Waals surface area contributed by atoms with Gasteiger partial charge in [0.25, 0.3) is 5.91 Å². The molecule has 1 aromatic carbocycles. The van der Waals surface area contributed by atoms with Gasteiger partial charge < -0.3 is 20.2 Å². The molecule has 1 heterocycles. The summed E-state index contributed by atoms with van der Waals surface area (Å²) in [5, 5.41) is 9.10. The molecule has 2 rings (SSSR count). The molecule has 1 amide bonds. The van der Waals surface area contributed by atoms with E-state index in [1.807, 2.05) is 5.43 Å². The van der Waals surface area contributed by atoms with Gasteiger partial charge in [-0.3, -0.25) is 10.6 Å². The molecule has 0 saturated carbocycles. The van der Waals surface area contributed by atoms with Crippen LogP contribution in [0.2, 0.25) is 0 Å². The molecule has 0 aliphatic carbocycles. The lowest BCUT2D eigenvalue weighted by molar-refractivity contribution is -0.0667. The lowest BCUT2D eigenvalue weighted by atomic mass is 10.1. The summed E-state index contributed by atoms with van der Waals surface area (Å²) in [6, 6.07) is 1.60. The highest BCUT2D eigenvalue weighted by atomic mass is 19.1. The molecule has 2 atom stereocenters. The Bertz CT molecular complexity index is 518. The summed E-state index contributed by atoms with van der Waals surface area (Å²) in [5.41, 5.74) is 1.30. The third-order valence-corrected chi connectivity index (χ3v) is 3.40. The molecule has 6 nitrogen and oxygen atoms in total. The van der Waals surface area contributed by atoms with Crippen LogP contribution in [0.5, 0.6) is 0 Å². The highest BCUT2D eigenvalue weighted by Gasteiger charge is 2.30. The number of rotatable bonds is 3. The third kappa shape index (κ3) is 3.12. The van der Waals surface area contributed by atoms with Gasteiger partial charge in [0, 0.05) is 12.1 Å². The lowest BCUT2D eigenvalue weighted by Crippen LogP contribution is -2.52. The fraction of sp³-hybridized carbons (Fsp3) is 0.462. The number of carbonyl (C=O) groups is 1. The van der Waals surface area contributed by atoms with Crippen molar-refractivity contribution in [2.75, 3.05) is 25.2 Å². The summed E-state index contributed by atoms with van der Waals surface area (Å²) in [5.74, 6) is 2.60. The maximum atomic E-state index is 13.7. The molecule has 0 aromatic heterocycles. The van der Waals surface area contributed by atoms with Crippen molar-refractivity contribution in [2.45, 2.75) is 19.1 Å². The standard InChI is InChI=1S/C13H17F2N3O3/c1-7-6-21-9(5-19)4-18(7)13(20)8-2-10(14)12(17-16)11(15)3-8/h2-3,7,9,17,19H,4-6,16H2,1H3. The minimum Gasteiger partial charge on any atom is -0.394 e. The Balaban J connectivity index is 2.26. The van der Waals surface area contributed by atoms with Gasteiger partial charge in [-0.05, 0) is 19.1 Å². The van der Waals surface area contributed by atoms with Crippen molar-refractivity contribution < 1.29 is 23.4 Å². The van der Waals surface area contributed by atoms with E-state index in [1.54, 1.807) is 6.92 Å². The van der Waals surface area contributed by atoms with Crippen molar-refractivity contribution in [3.05, 3.63) is 29.3 Å². The zero-order valence-corrected chi connectivity index (χ0v) is 11.5. The van der Waals surface area contributed by atoms with Gasteiger partial charge in [0.15, 0.2) is 11.6 Å². The van der Waals surface area contributed by atoms with Gasteiger partial charge in [0.2, 0.25) is 0 Å². The number of morpholine rings is 1. The van der Waals surface area contributed by atoms with Crippen molar-refractivity contribution >= 4 is 11.6 Å². The maximum absolute atomic E-state index is 13.7. The molecule has 8 heteroatoms. The first-order valence-corrected chi connectivity index (χ1v) is 6.47. The smallest absolute Gasteiger partial charge is 0.254 e. The van der Waals surface area contributed by atoms with E-state index < -0.39 is 29.3 Å². The van der Waals surface area contributed by atoms with Gasteiger partial charge in [-0.2, -0.15) is 0 Å². The van der Waals surface area contributed by atoms with Crippen LogP contribution >= 0.6 is 0 Å². The first-order valence-electron chi connectivity index (χ1n) is 6.47. The fourth-order valence-electron chi connectivity index (χ4n) is 2.21. The van der Waals surface area contributed by atoms with Crippen molar-refractivity contribution in [1.29, 1.82) is 0 Å². The molecule has 0 radical (unpaired) electrons. The zero-order valence-electron chi connectivity index (χ0n) is 11.5. The molecule has 4 N–H and O–H groups in total. The van der Waals surface area contributed by atoms with Crippen molar-refractivity contribution in [3.8, 4) is 0 Å². The number of benzene rings is 1. The number of hydrogen-bond acceptors (Lipinski definition) is 5. The Hall–Kier alpha value is -1.77. The van der Waals surface area contributed by atoms with Crippen molar-refractivity contribution in [2.24, 2.45) is 5.84 Å². The Morgan fingerprint density at radius 2 is 2.14 bits per heavy atom. The number of aliphatic hydroxyl groups excluding tert-OH is 1. The number of carbonyl (C=O) groups excluding carboxylic acids is 1. The number of anilines is 1. The van der Waals surface area contributed by atoms with E-state index in [0.717, 1.165) is 12.1 Å². The van der Waals surface area contributed by atoms with E-state index >= 15 is 0 Å². The molecule has 1 fully saturated rings. The highest BCUT2D eigenvalue weighted by molar-refractivity contribution is 5.95. The largest absolute Gasteiger partial charge is 0.394 e. The third-order valence-electron chi connectivity index (χ3n) is 3.40. The monoisotopic (exact) mass is 301 g/mol. The molecule has 0 spiro atoms. The Labute approximate surface area is 120 Å². The summed E-state index contributed by atoms with van der Waals surface area (Å²) in [6.07, 6.45) is -0.496. The second kappa shape index (κ2) is 6.33. The molecular formula is C13H17F2N3O3. The number of hydrogen-bond donors (Lipinski definition) is 3. The molecule has 116 valence electrons. The number of nitrogen functional groups attached to an aromatic ring is 1. The number of halogens is 2.